The van der Waals surface area contributed by atoms with E-state index in [0.29, 0.717) is 40.2 Å². The maximum atomic E-state index is 13.9. The molecule has 0 spiro atoms. The molecular weight excluding hydrogens is 573 g/mol. The molecule has 0 saturated carbocycles. The molecule has 0 bridgehead atoms. The van der Waals surface area contributed by atoms with Gasteiger partial charge in [0.1, 0.15) is 18.3 Å². The first-order chi connectivity index (χ1) is 19.0. The van der Waals surface area contributed by atoms with Crippen LogP contribution in [0.25, 0.3) is 0 Å². The van der Waals surface area contributed by atoms with Crippen LogP contribution in [0.4, 0.5) is 5.69 Å². The number of rotatable bonds is 12. The van der Waals surface area contributed by atoms with Gasteiger partial charge in [-0.05, 0) is 81.8 Å². The lowest BCUT2D eigenvalue weighted by molar-refractivity contribution is -0.139. The Balaban J connectivity index is 2.03. The van der Waals surface area contributed by atoms with E-state index in [1.807, 2.05) is 13.8 Å². The fraction of sp³-hybridized carbons (Fsp3) is 0.310. The highest BCUT2D eigenvalue weighted by Gasteiger charge is 2.32. The SMILES string of the molecule is CCNC(=O)[C@@H](C)N(Cc1ccc(Cl)cc1Cl)C(=O)CN(c1ccc(C)cc1)S(=O)(=O)c1ccc(OCC)cc1. The van der Waals surface area contributed by atoms with E-state index in [0.717, 1.165) is 9.87 Å². The van der Waals surface area contributed by atoms with E-state index in [1.54, 1.807) is 68.4 Å². The first-order valence-corrected chi connectivity index (χ1v) is 15.0. The number of hydrogen-bond donors (Lipinski definition) is 1. The summed E-state index contributed by atoms with van der Waals surface area (Å²) >= 11 is 12.4. The van der Waals surface area contributed by atoms with Crippen LogP contribution in [0.2, 0.25) is 10.0 Å². The van der Waals surface area contributed by atoms with Gasteiger partial charge in [-0.3, -0.25) is 13.9 Å². The van der Waals surface area contributed by atoms with Gasteiger partial charge in [-0.25, -0.2) is 8.42 Å². The van der Waals surface area contributed by atoms with E-state index in [2.05, 4.69) is 5.32 Å². The number of benzene rings is 3. The number of likely N-dealkylation sites (N-methyl/N-ethyl adjacent to an activating group) is 1. The number of carbonyl (C=O) groups is 2. The number of nitrogens with one attached hydrogen (secondary N) is 1. The first-order valence-electron chi connectivity index (χ1n) is 12.8. The van der Waals surface area contributed by atoms with Crippen LogP contribution in [-0.2, 0) is 26.2 Å². The van der Waals surface area contributed by atoms with Crippen molar-refractivity contribution in [2.24, 2.45) is 0 Å². The Morgan fingerprint density at radius 1 is 0.975 bits per heavy atom. The number of hydrogen-bond acceptors (Lipinski definition) is 5. The van der Waals surface area contributed by atoms with Crippen molar-refractivity contribution in [3.8, 4) is 5.75 Å². The second-order valence-electron chi connectivity index (χ2n) is 9.08. The van der Waals surface area contributed by atoms with Gasteiger partial charge < -0.3 is 15.0 Å². The minimum Gasteiger partial charge on any atom is -0.494 e. The number of anilines is 1. The third-order valence-corrected chi connectivity index (χ3v) is 8.57. The molecule has 0 aliphatic carbocycles. The summed E-state index contributed by atoms with van der Waals surface area (Å²) in [6.07, 6.45) is 0. The fourth-order valence-corrected chi connectivity index (χ4v) is 5.86. The maximum Gasteiger partial charge on any atom is 0.264 e. The molecule has 0 fully saturated rings. The van der Waals surface area contributed by atoms with Crippen LogP contribution in [0.5, 0.6) is 5.75 Å². The van der Waals surface area contributed by atoms with Crippen LogP contribution in [-0.4, -0.2) is 50.9 Å². The molecule has 8 nitrogen and oxygen atoms in total. The Hall–Kier alpha value is -3.27. The van der Waals surface area contributed by atoms with Gasteiger partial charge in [0.25, 0.3) is 10.0 Å². The molecule has 1 atom stereocenters. The Bertz CT molecular complexity index is 1430. The van der Waals surface area contributed by atoms with Crippen LogP contribution in [0.15, 0.2) is 71.6 Å². The zero-order valence-electron chi connectivity index (χ0n) is 22.9. The van der Waals surface area contributed by atoms with E-state index < -0.39 is 28.5 Å². The molecule has 0 heterocycles. The minimum atomic E-state index is -4.18. The first kappa shape index (κ1) is 31.3. The summed E-state index contributed by atoms with van der Waals surface area (Å²) in [5, 5.41) is 3.47. The Kier molecular flexibility index (Phi) is 10.8. The summed E-state index contributed by atoms with van der Waals surface area (Å²) in [4.78, 5) is 28.0. The molecule has 0 radical (unpaired) electrons. The van der Waals surface area contributed by atoms with Gasteiger partial charge in [-0.2, -0.15) is 0 Å². The van der Waals surface area contributed by atoms with Crippen LogP contribution < -0.4 is 14.4 Å². The largest absolute Gasteiger partial charge is 0.494 e. The van der Waals surface area contributed by atoms with Crippen LogP contribution >= 0.6 is 23.2 Å². The van der Waals surface area contributed by atoms with Crippen molar-refractivity contribution >= 4 is 50.7 Å². The van der Waals surface area contributed by atoms with Crippen LogP contribution in [0.3, 0.4) is 0 Å². The number of amides is 2. The number of carbonyl (C=O) groups excluding carboxylic acids is 2. The van der Waals surface area contributed by atoms with Crippen molar-refractivity contribution in [1.82, 2.24) is 10.2 Å². The van der Waals surface area contributed by atoms with Crippen molar-refractivity contribution < 1.29 is 22.7 Å². The van der Waals surface area contributed by atoms with E-state index in [-0.39, 0.29) is 17.3 Å². The zero-order chi connectivity index (χ0) is 29.4. The Labute approximate surface area is 245 Å². The minimum absolute atomic E-state index is 0.00611. The highest BCUT2D eigenvalue weighted by molar-refractivity contribution is 7.92. The standard InChI is InChI=1S/C29H33Cl2N3O5S/c1-5-32-29(36)21(4)33(18-22-9-10-23(30)17-27(22)31)28(35)19-34(24-11-7-20(3)8-12-24)40(37,38)26-15-13-25(14-16-26)39-6-2/h7-17,21H,5-6,18-19H2,1-4H3,(H,32,36)/t21-/m1/s1. The monoisotopic (exact) mass is 605 g/mol. The zero-order valence-corrected chi connectivity index (χ0v) is 25.2. The molecule has 3 aromatic carbocycles. The van der Waals surface area contributed by atoms with E-state index in [4.69, 9.17) is 27.9 Å². The Morgan fingerprint density at radius 2 is 1.62 bits per heavy atom. The number of ether oxygens (including phenoxy) is 1. The molecule has 3 rings (SSSR count). The highest BCUT2D eigenvalue weighted by atomic mass is 35.5. The number of nitrogens with zero attached hydrogens (tertiary/aromatic N) is 2. The van der Waals surface area contributed by atoms with Gasteiger partial charge in [-0.1, -0.05) is 47.0 Å². The summed E-state index contributed by atoms with van der Waals surface area (Å²) in [6.45, 7) is 7.30. The quantitative estimate of drug-likeness (QED) is 0.296. The summed E-state index contributed by atoms with van der Waals surface area (Å²) in [6, 6.07) is 16.8. The molecule has 0 aliphatic rings. The predicted octanol–water partition coefficient (Wildman–Crippen LogP) is 5.45. The lowest BCUT2D eigenvalue weighted by Crippen LogP contribution is -2.51. The average Bonchev–Trinajstić information content (AvgIpc) is 2.92. The van der Waals surface area contributed by atoms with E-state index in [1.165, 1.54) is 17.0 Å². The molecule has 3 aromatic rings. The van der Waals surface area contributed by atoms with Crippen molar-refractivity contribution in [3.05, 3.63) is 87.9 Å². The van der Waals surface area contributed by atoms with Gasteiger partial charge >= 0.3 is 0 Å². The third kappa shape index (κ3) is 7.68. The maximum absolute atomic E-state index is 13.9. The van der Waals surface area contributed by atoms with Crippen molar-refractivity contribution in [1.29, 1.82) is 0 Å². The van der Waals surface area contributed by atoms with E-state index >= 15 is 0 Å². The van der Waals surface area contributed by atoms with Crippen LogP contribution in [0, 0.1) is 6.92 Å². The lowest BCUT2D eigenvalue weighted by atomic mass is 10.1. The van der Waals surface area contributed by atoms with E-state index in [9.17, 15) is 18.0 Å². The van der Waals surface area contributed by atoms with Crippen molar-refractivity contribution in [2.45, 2.75) is 45.2 Å². The van der Waals surface area contributed by atoms with Gasteiger partial charge in [0.2, 0.25) is 11.8 Å². The molecule has 0 saturated heterocycles. The second-order valence-corrected chi connectivity index (χ2v) is 11.8. The summed E-state index contributed by atoms with van der Waals surface area (Å²) < 4.78 is 34.3. The fourth-order valence-electron chi connectivity index (χ4n) is 3.98. The molecule has 0 aliphatic heterocycles. The summed E-state index contributed by atoms with van der Waals surface area (Å²) in [5.41, 5.74) is 1.80. The number of sulfonamides is 1. The van der Waals surface area contributed by atoms with Gasteiger partial charge in [0, 0.05) is 23.1 Å². The van der Waals surface area contributed by atoms with Gasteiger partial charge in [0.15, 0.2) is 0 Å². The molecule has 2 amide bonds. The number of aryl methyl sites for hydroxylation is 1. The number of halogens is 2. The summed E-state index contributed by atoms with van der Waals surface area (Å²) in [7, 11) is -4.18. The van der Waals surface area contributed by atoms with Gasteiger partial charge in [-0.15, -0.1) is 0 Å². The normalized spacial score (nSPS) is 11.9. The molecule has 0 aromatic heterocycles. The topological polar surface area (TPSA) is 96.0 Å². The molecule has 1 N–H and O–H groups in total. The smallest absolute Gasteiger partial charge is 0.264 e. The molecule has 214 valence electrons. The molecule has 0 unspecified atom stereocenters. The lowest BCUT2D eigenvalue weighted by Gasteiger charge is -2.32. The molecular formula is C29H33Cl2N3O5S. The predicted molar refractivity (Wildman–Crippen MR) is 158 cm³/mol. The van der Waals surface area contributed by atoms with Crippen molar-refractivity contribution in [2.75, 3.05) is 24.0 Å². The molecule has 40 heavy (non-hydrogen) atoms. The second kappa shape index (κ2) is 13.9. The average molecular weight is 607 g/mol. The third-order valence-electron chi connectivity index (χ3n) is 6.20. The summed E-state index contributed by atoms with van der Waals surface area (Å²) in [5.74, 6) is -0.432. The van der Waals surface area contributed by atoms with Crippen molar-refractivity contribution in [3.63, 3.8) is 0 Å². The molecule has 11 heteroatoms. The Morgan fingerprint density at radius 3 is 2.20 bits per heavy atom. The highest BCUT2D eigenvalue weighted by Crippen LogP contribution is 2.27. The van der Waals surface area contributed by atoms with Crippen LogP contribution in [0.1, 0.15) is 31.9 Å². The van der Waals surface area contributed by atoms with Gasteiger partial charge in [0.05, 0.1) is 17.2 Å².